The minimum atomic E-state index is -0.120. The van der Waals surface area contributed by atoms with Crippen LogP contribution < -0.4 is 16.2 Å². The molecule has 2 fully saturated rings. The zero-order chi connectivity index (χ0) is 18.8. The Hall–Kier alpha value is -2.18. The SMILES string of the molecule is O=C1CCC(C(=O)NC2CCC(n3nc4c(cc3=O)CCCC4)CC2)CN1. The fraction of sp³-hybridized carbons (Fsp3) is 0.700. The highest BCUT2D eigenvalue weighted by molar-refractivity contribution is 5.83. The summed E-state index contributed by atoms with van der Waals surface area (Å²) >= 11 is 0. The molecule has 0 bridgehead atoms. The van der Waals surface area contributed by atoms with Crippen LogP contribution in [0.3, 0.4) is 0 Å². The van der Waals surface area contributed by atoms with Gasteiger partial charge in [0, 0.05) is 25.1 Å². The Morgan fingerprint density at radius 3 is 2.59 bits per heavy atom. The maximum Gasteiger partial charge on any atom is 0.267 e. The lowest BCUT2D eigenvalue weighted by Crippen LogP contribution is -2.47. The summed E-state index contributed by atoms with van der Waals surface area (Å²) in [5.74, 6) is -0.0459. The lowest BCUT2D eigenvalue weighted by molar-refractivity contribution is -0.129. The molecule has 3 aliphatic rings. The van der Waals surface area contributed by atoms with E-state index < -0.39 is 0 Å². The smallest absolute Gasteiger partial charge is 0.267 e. The van der Waals surface area contributed by atoms with E-state index in [-0.39, 0.29) is 35.4 Å². The number of amides is 2. The Kier molecular flexibility index (Phi) is 5.27. The summed E-state index contributed by atoms with van der Waals surface area (Å²) < 4.78 is 1.69. The van der Waals surface area contributed by atoms with Crippen LogP contribution >= 0.6 is 0 Å². The van der Waals surface area contributed by atoms with Crippen molar-refractivity contribution in [3.05, 3.63) is 27.7 Å². The second-order valence-electron chi connectivity index (χ2n) is 8.16. The van der Waals surface area contributed by atoms with E-state index >= 15 is 0 Å². The van der Waals surface area contributed by atoms with Gasteiger partial charge >= 0.3 is 0 Å². The number of hydrogen-bond donors (Lipinski definition) is 2. The molecule has 2 amide bonds. The van der Waals surface area contributed by atoms with Gasteiger partial charge in [-0.1, -0.05) is 0 Å². The molecule has 2 heterocycles. The molecule has 0 aromatic carbocycles. The number of nitrogens with zero attached hydrogens (tertiary/aromatic N) is 2. The fourth-order valence-corrected chi connectivity index (χ4v) is 4.58. The molecule has 1 atom stereocenters. The van der Waals surface area contributed by atoms with E-state index in [4.69, 9.17) is 0 Å². The number of rotatable bonds is 3. The van der Waals surface area contributed by atoms with Crippen LogP contribution in [0, 0.1) is 5.92 Å². The summed E-state index contributed by atoms with van der Waals surface area (Å²) in [5, 5.41) is 10.6. The highest BCUT2D eigenvalue weighted by Crippen LogP contribution is 2.28. The van der Waals surface area contributed by atoms with Crippen molar-refractivity contribution < 1.29 is 9.59 Å². The summed E-state index contributed by atoms with van der Waals surface area (Å²) in [6, 6.07) is 2.07. The molecule has 1 aromatic rings. The Labute approximate surface area is 158 Å². The minimum absolute atomic E-state index is 0.0149. The van der Waals surface area contributed by atoms with Gasteiger partial charge in [0.25, 0.3) is 5.56 Å². The Balaban J connectivity index is 1.33. The van der Waals surface area contributed by atoms with Gasteiger partial charge in [0.15, 0.2) is 0 Å². The molecule has 1 saturated heterocycles. The second kappa shape index (κ2) is 7.82. The molecule has 4 rings (SSSR count). The van der Waals surface area contributed by atoms with Crippen LogP contribution in [0.4, 0.5) is 0 Å². The number of fused-ring (bicyclic) bond motifs is 1. The van der Waals surface area contributed by atoms with Crippen LogP contribution in [0.5, 0.6) is 0 Å². The first-order valence-corrected chi connectivity index (χ1v) is 10.3. The summed E-state index contributed by atoms with van der Waals surface area (Å²) in [7, 11) is 0. The van der Waals surface area contributed by atoms with Gasteiger partial charge in [-0.15, -0.1) is 0 Å². The number of piperidine rings is 1. The van der Waals surface area contributed by atoms with E-state index in [1.165, 1.54) is 0 Å². The van der Waals surface area contributed by atoms with Crippen molar-refractivity contribution in [2.45, 2.75) is 76.3 Å². The van der Waals surface area contributed by atoms with Gasteiger partial charge in [0.2, 0.25) is 11.8 Å². The Morgan fingerprint density at radius 2 is 1.85 bits per heavy atom. The zero-order valence-electron chi connectivity index (χ0n) is 15.7. The van der Waals surface area contributed by atoms with E-state index in [0.717, 1.165) is 62.6 Å². The van der Waals surface area contributed by atoms with E-state index in [2.05, 4.69) is 15.7 Å². The lowest BCUT2D eigenvalue weighted by atomic mass is 9.90. The molecule has 7 nitrogen and oxygen atoms in total. The molecule has 1 saturated carbocycles. The van der Waals surface area contributed by atoms with Crippen molar-refractivity contribution in [1.82, 2.24) is 20.4 Å². The topological polar surface area (TPSA) is 93.1 Å². The summed E-state index contributed by atoms with van der Waals surface area (Å²) in [5.41, 5.74) is 2.24. The minimum Gasteiger partial charge on any atom is -0.355 e. The van der Waals surface area contributed by atoms with Gasteiger partial charge in [0.1, 0.15) is 0 Å². The largest absolute Gasteiger partial charge is 0.355 e. The summed E-state index contributed by atoms with van der Waals surface area (Å²) in [4.78, 5) is 36.1. The first-order chi connectivity index (χ1) is 13.1. The van der Waals surface area contributed by atoms with E-state index in [1.807, 2.05) is 0 Å². The van der Waals surface area contributed by atoms with Crippen LogP contribution in [-0.2, 0) is 22.4 Å². The first-order valence-electron chi connectivity index (χ1n) is 10.3. The van der Waals surface area contributed by atoms with Gasteiger partial charge in [0.05, 0.1) is 17.7 Å². The van der Waals surface area contributed by atoms with E-state index in [9.17, 15) is 14.4 Å². The third kappa shape index (κ3) is 4.06. The normalized spacial score (nSPS) is 28.1. The number of aryl methyl sites for hydroxylation is 2. The van der Waals surface area contributed by atoms with Gasteiger partial charge in [-0.3, -0.25) is 14.4 Å². The van der Waals surface area contributed by atoms with Gasteiger partial charge < -0.3 is 10.6 Å². The molecular formula is C20H28N4O3. The molecule has 7 heteroatoms. The third-order valence-corrected chi connectivity index (χ3v) is 6.26. The van der Waals surface area contributed by atoms with Crippen molar-refractivity contribution in [2.75, 3.05) is 6.54 Å². The number of carbonyl (C=O) groups is 2. The summed E-state index contributed by atoms with van der Waals surface area (Å²) in [6.45, 7) is 0.439. The Morgan fingerprint density at radius 1 is 1.07 bits per heavy atom. The monoisotopic (exact) mass is 372 g/mol. The molecule has 2 aliphatic carbocycles. The number of hydrogen-bond acceptors (Lipinski definition) is 4. The van der Waals surface area contributed by atoms with E-state index in [1.54, 1.807) is 10.7 Å². The van der Waals surface area contributed by atoms with Crippen LogP contribution in [0.2, 0.25) is 0 Å². The van der Waals surface area contributed by atoms with Crippen molar-refractivity contribution in [2.24, 2.45) is 5.92 Å². The zero-order valence-corrected chi connectivity index (χ0v) is 15.7. The van der Waals surface area contributed by atoms with Gasteiger partial charge in [-0.25, -0.2) is 4.68 Å². The molecule has 0 radical (unpaired) electrons. The second-order valence-corrected chi connectivity index (χ2v) is 8.16. The molecule has 2 N–H and O–H groups in total. The summed E-state index contributed by atoms with van der Waals surface area (Å²) in [6.07, 6.45) is 8.74. The first kappa shape index (κ1) is 18.2. The van der Waals surface area contributed by atoms with Crippen molar-refractivity contribution in [3.63, 3.8) is 0 Å². The third-order valence-electron chi connectivity index (χ3n) is 6.26. The quantitative estimate of drug-likeness (QED) is 0.835. The molecular weight excluding hydrogens is 344 g/mol. The van der Waals surface area contributed by atoms with E-state index in [0.29, 0.717) is 19.4 Å². The van der Waals surface area contributed by atoms with Crippen LogP contribution in [0.25, 0.3) is 0 Å². The number of nitrogens with one attached hydrogen (secondary N) is 2. The molecule has 1 unspecified atom stereocenters. The maximum absolute atomic E-state index is 12.5. The fourth-order valence-electron chi connectivity index (χ4n) is 4.58. The number of carbonyl (C=O) groups excluding carboxylic acids is 2. The standard InChI is InChI=1S/C20H28N4O3/c25-18-10-5-14(12-21-18)20(27)22-15-6-8-16(9-7-15)24-19(26)11-13-3-1-2-4-17(13)23-24/h11,14-16H,1-10,12H2,(H,21,25)(H,22,27). The maximum atomic E-state index is 12.5. The predicted molar refractivity (Wildman–Crippen MR) is 100 cm³/mol. The molecule has 27 heavy (non-hydrogen) atoms. The van der Waals surface area contributed by atoms with Crippen LogP contribution in [0.1, 0.15) is 68.7 Å². The van der Waals surface area contributed by atoms with Crippen molar-refractivity contribution >= 4 is 11.8 Å². The highest BCUT2D eigenvalue weighted by Gasteiger charge is 2.29. The average molecular weight is 372 g/mol. The molecule has 0 spiro atoms. The van der Waals surface area contributed by atoms with Crippen LogP contribution in [-0.4, -0.2) is 34.2 Å². The van der Waals surface area contributed by atoms with Gasteiger partial charge in [-0.2, -0.15) is 5.10 Å². The van der Waals surface area contributed by atoms with Crippen LogP contribution in [0.15, 0.2) is 10.9 Å². The highest BCUT2D eigenvalue weighted by atomic mass is 16.2. The molecule has 146 valence electrons. The molecule has 1 aromatic heterocycles. The van der Waals surface area contributed by atoms with Crippen molar-refractivity contribution in [1.29, 1.82) is 0 Å². The predicted octanol–water partition coefficient (Wildman–Crippen LogP) is 1.25. The Bertz CT molecular complexity index is 770. The van der Waals surface area contributed by atoms with Gasteiger partial charge in [-0.05, 0) is 63.4 Å². The van der Waals surface area contributed by atoms with Crippen molar-refractivity contribution in [3.8, 4) is 0 Å². The molecule has 1 aliphatic heterocycles. The average Bonchev–Trinajstić information content (AvgIpc) is 2.68. The number of aromatic nitrogens is 2. The lowest BCUT2D eigenvalue weighted by Gasteiger charge is -2.31.